The number of benzene rings is 2. The van der Waals surface area contributed by atoms with Gasteiger partial charge in [0.1, 0.15) is 6.54 Å². The van der Waals surface area contributed by atoms with E-state index in [1.165, 1.54) is 0 Å². The summed E-state index contributed by atoms with van der Waals surface area (Å²) in [5, 5.41) is 12.1. The standard InChI is InChI=1S/C20H22N2O4/c1-3-25-17-9-15-16(10-18(17)26-4-2)22-19(24)11-21-20(15)14-7-5-13(12-23)6-8-14/h5-10,23H,3-4,11-12H2,1-2H3,(H,22,24). The van der Waals surface area contributed by atoms with E-state index in [1.54, 1.807) is 6.07 Å². The number of fused-ring (bicyclic) bond motifs is 1. The molecule has 0 saturated heterocycles. The molecule has 3 rings (SSSR count). The van der Waals surface area contributed by atoms with Gasteiger partial charge >= 0.3 is 0 Å². The van der Waals surface area contributed by atoms with Crippen LogP contribution in [0.2, 0.25) is 0 Å². The molecule has 0 saturated carbocycles. The van der Waals surface area contributed by atoms with Gasteiger partial charge in [0.15, 0.2) is 11.5 Å². The van der Waals surface area contributed by atoms with Crippen LogP contribution in [0, 0.1) is 0 Å². The van der Waals surface area contributed by atoms with Crippen LogP contribution >= 0.6 is 0 Å². The highest BCUT2D eigenvalue weighted by molar-refractivity contribution is 6.19. The second kappa shape index (κ2) is 8.01. The summed E-state index contributed by atoms with van der Waals surface area (Å²) in [6.07, 6.45) is 0. The Morgan fingerprint density at radius 3 is 2.35 bits per heavy atom. The Labute approximate surface area is 152 Å². The van der Waals surface area contributed by atoms with E-state index >= 15 is 0 Å². The number of benzodiazepines with no additional fused rings is 1. The smallest absolute Gasteiger partial charge is 0.246 e. The number of aliphatic imine (C=N–C) groups is 1. The molecule has 1 heterocycles. The molecule has 0 unspecified atom stereocenters. The van der Waals surface area contributed by atoms with E-state index in [4.69, 9.17) is 9.47 Å². The van der Waals surface area contributed by atoms with Crippen molar-refractivity contribution in [2.45, 2.75) is 20.5 Å². The third-order valence-corrected chi connectivity index (χ3v) is 4.00. The molecule has 1 amide bonds. The average molecular weight is 354 g/mol. The summed E-state index contributed by atoms with van der Waals surface area (Å²) < 4.78 is 11.4. The van der Waals surface area contributed by atoms with Crippen LogP contribution in [-0.2, 0) is 11.4 Å². The number of aliphatic hydroxyl groups excluding tert-OH is 1. The Morgan fingerprint density at radius 2 is 1.73 bits per heavy atom. The average Bonchev–Trinajstić information content (AvgIpc) is 2.81. The summed E-state index contributed by atoms with van der Waals surface area (Å²) in [6.45, 7) is 4.83. The zero-order valence-corrected chi connectivity index (χ0v) is 14.9. The topological polar surface area (TPSA) is 80.2 Å². The molecule has 6 heteroatoms. The maximum absolute atomic E-state index is 12.1. The highest BCUT2D eigenvalue weighted by Gasteiger charge is 2.21. The molecule has 26 heavy (non-hydrogen) atoms. The first-order valence-electron chi connectivity index (χ1n) is 8.64. The van der Waals surface area contributed by atoms with Crippen LogP contribution in [-0.4, -0.2) is 36.5 Å². The number of anilines is 1. The highest BCUT2D eigenvalue weighted by Crippen LogP contribution is 2.36. The Morgan fingerprint density at radius 1 is 1.08 bits per heavy atom. The summed E-state index contributed by atoms with van der Waals surface area (Å²) in [6, 6.07) is 11.1. The largest absolute Gasteiger partial charge is 0.490 e. The molecule has 2 N–H and O–H groups in total. The molecule has 2 aromatic rings. The Kier molecular flexibility index (Phi) is 5.53. The van der Waals surface area contributed by atoms with Gasteiger partial charge in [-0.3, -0.25) is 9.79 Å². The lowest BCUT2D eigenvalue weighted by atomic mass is 9.99. The van der Waals surface area contributed by atoms with Gasteiger partial charge in [-0.1, -0.05) is 24.3 Å². The first-order chi connectivity index (χ1) is 12.7. The van der Waals surface area contributed by atoms with Crippen LogP contribution < -0.4 is 14.8 Å². The van der Waals surface area contributed by atoms with Crippen molar-refractivity contribution < 1.29 is 19.4 Å². The van der Waals surface area contributed by atoms with Crippen LogP contribution in [0.15, 0.2) is 41.4 Å². The van der Waals surface area contributed by atoms with E-state index in [-0.39, 0.29) is 19.1 Å². The number of amides is 1. The number of nitrogens with zero attached hydrogens (tertiary/aromatic N) is 1. The van der Waals surface area contributed by atoms with Crippen LogP contribution in [0.5, 0.6) is 11.5 Å². The number of aliphatic hydroxyl groups is 1. The number of carbonyl (C=O) groups is 1. The van der Waals surface area contributed by atoms with E-state index in [1.807, 2.05) is 44.2 Å². The van der Waals surface area contributed by atoms with Crippen LogP contribution in [0.1, 0.15) is 30.5 Å². The molecule has 0 fully saturated rings. The quantitative estimate of drug-likeness (QED) is 0.836. The van der Waals surface area contributed by atoms with Crippen LogP contribution in [0.3, 0.4) is 0 Å². The van der Waals surface area contributed by atoms with E-state index in [0.717, 1.165) is 16.7 Å². The molecule has 0 radical (unpaired) electrons. The van der Waals surface area contributed by atoms with Crippen LogP contribution in [0.25, 0.3) is 0 Å². The van der Waals surface area contributed by atoms with Crippen molar-refractivity contribution in [2.24, 2.45) is 4.99 Å². The molecule has 0 spiro atoms. The molecule has 136 valence electrons. The third kappa shape index (κ3) is 3.70. The summed E-state index contributed by atoms with van der Waals surface area (Å²) >= 11 is 0. The lowest BCUT2D eigenvalue weighted by Crippen LogP contribution is -2.13. The van der Waals surface area contributed by atoms with E-state index < -0.39 is 0 Å². The van der Waals surface area contributed by atoms with Gasteiger partial charge in [-0.25, -0.2) is 0 Å². The first kappa shape index (κ1) is 17.9. The van der Waals surface area contributed by atoms with Crippen molar-refractivity contribution in [3.8, 4) is 11.5 Å². The molecule has 0 atom stereocenters. The van der Waals surface area contributed by atoms with Crippen molar-refractivity contribution in [3.05, 3.63) is 53.1 Å². The van der Waals surface area contributed by atoms with Gasteiger partial charge in [-0.2, -0.15) is 0 Å². The predicted octanol–water partition coefficient (Wildman–Crippen LogP) is 2.77. The fourth-order valence-electron chi connectivity index (χ4n) is 2.84. The highest BCUT2D eigenvalue weighted by atomic mass is 16.5. The SMILES string of the molecule is CCOc1cc2c(cc1OCC)C(c1ccc(CO)cc1)=NCC(=O)N2. The molecule has 2 aromatic carbocycles. The van der Waals surface area contributed by atoms with Crippen molar-refractivity contribution in [1.82, 2.24) is 0 Å². The van der Waals surface area contributed by atoms with Crippen molar-refractivity contribution in [2.75, 3.05) is 25.1 Å². The van der Waals surface area contributed by atoms with E-state index in [2.05, 4.69) is 10.3 Å². The zero-order valence-electron chi connectivity index (χ0n) is 14.9. The fourth-order valence-corrected chi connectivity index (χ4v) is 2.84. The predicted molar refractivity (Wildman–Crippen MR) is 100 cm³/mol. The minimum absolute atomic E-state index is 0.0183. The van der Waals surface area contributed by atoms with Crippen molar-refractivity contribution in [1.29, 1.82) is 0 Å². The number of nitrogens with one attached hydrogen (secondary N) is 1. The molecule has 0 bridgehead atoms. The minimum Gasteiger partial charge on any atom is -0.490 e. The van der Waals surface area contributed by atoms with E-state index in [0.29, 0.717) is 36.1 Å². The molecule has 1 aliphatic rings. The van der Waals surface area contributed by atoms with Crippen molar-refractivity contribution >= 4 is 17.3 Å². The number of hydrogen-bond donors (Lipinski definition) is 2. The Bertz CT molecular complexity index is 828. The Balaban J connectivity index is 2.12. The van der Waals surface area contributed by atoms with Gasteiger partial charge in [0.05, 0.1) is 31.2 Å². The monoisotopic (exact) mass is 354 g/mol. The second-order valence-corrected chi connectivity index (χ2v) is 5.78. The normalized spacial score (nSPS) is 13.3. The van der Waals surface area contributed by atoms with Gasteiger partial charge in [0, 0.05) is 17.2 Å². The molecule has 0 aromatic heterocycles. The van der Waals surface area contributed by atoms with Crippen LogP contribution in [0.4, 0.5) is 5.69 Å². The lowest BCUT2D eigenvalue weighted by Gasteiger charge is -2.16. The molecular weight excluding hydrogens is 332 g/mol. The lowest BCUT2D eigenvalue weighted by molar-refractivity contribution is -0.114. The third-order valence-electron chi connectivity index (χ3n) is 4.00. The molecule has 1 aliphatic heterocycles. The zero-order chi connectivity index (χ0) is 18.5. The van der Waals surface area contributed by atoms with E-state index in [9.17, 15) is 9.90 Å². The maximum Gasteiger partial charge on any atom is 0.246 e. The summed E-state index contributed by atoms with van der Waals surface area (Å²) in [7, 11) is 0. The summed E-state index contributed by atoms with van der Waals surface area (Å²) in [5.41, 5.74) is 3.81. The minimum atomic E-state index is -0.181. The molecule has 0 aliphatic carbocycles. The first-order valence-corrected chi connectivity index (χ1v) is 8.64. The number of hydrogen-bond acceptors (Lipinski definition) is 5. The van der Waals surface area contributed by atoms with Gasteiger partial charge in [-0.15, -0.1) is 0 Å². The molecule has 6 nitrogen and oxygen atoms in total. The Hall–Kier alpha value is -2.86. The summed E-state index contributed by atoms with van der Waals surface area (Å²) in [5.74, 6) is 1.02. The fraction of sp³-hybridized carbons (Fsp3) is 0.300. The van der Waals surface area contributed by atoms with Crippen molar-refractivity contribution in [3.63, 3.8) is 0 Å². The molecular formula is C20H22N2O4. The number of rotatable bonds is 6. The number of ether oxygens (including phenoxy) is 2. The van der Waals surface area contributed by atoms with Gasteiger partial charge in [0.2, 0.25) is 5.91 Å². The number of carbonyl (C=O) groups excluding carboxylic acids is 1. The van der Waals surface area contributed by atoms with Gasteiger partial charge in [0.25, 0.3) is 0 Å². The summed E-state index contributed by atoms with van der Waals surface area (Å²) in [4.78, 5) is 16.6. The van der Waals surface area contributed by atoms with Gasteiger partial charge < -0.3 is 19.9 Å². The second-order valence-electron chi connectivity index (χ2n) is 5.78. The maximum atomic E-state index is 12.1. The van der Waals surface area contributed by atoms with Gasteiger partial charge in [-0.05, 0) is 25.5 Å².